The predicted octanol–water partition coefficient (Wildman–Crippen LogP) is 2.08. The Labute approximate surface area is 139 Å². The summed E-state index contributed by atoms with van der Waals surface area (Å²) in [5, 5.41) is 3.19. The average molecular weight is 398 g/mol. The first-order chi connectivity index (χ1) is 9.51. The Morgan fingerprint density at radius 1 is 1.38 bits per heavy atom. The largest absolute Gasteiger partial charge is 0.497 e. The number of methoxy groups -OCH3 is 1. The summed E-state index contributed by atoms with van der Waals surface area (Å²) in [4.78, 5) is 0.193. The van der Waals surface area contributed by atoms with Crippen LogP contribution in [0.4, 0.5) is 0 Å². The smallest absolute Gasteiger partial charge is 0.241 e. The van der Waals surface area contributed by atoms with E-state index in [0.717, 1.165) is 25.1 Å². The van der Waals surface area contributed by atoms with E-state index in [9.17, 15) is 8.42 Å². The van der Waals surface area contributed by atoms with Gasteiger partial charge in [0.05, 0.1) is 12.0 Å². The van der Waals surface area contributed by atoms with Crippen molar-refractivity contribution in [3.8, 4) is 5.75 Å². The fourth-order valence-electron chi connectivity index (χ4n) is 1.91. The van der Waals surface area contributed by atoms with Crippen molar-refractivity contribution < 1.29 is 13.2 Å². The maximum atomic E-state index is 12.3. The summed E-state index contributed by atoms with van der Waals surface area (Å²) in [6, 6.07) is 4.78. The van der Waals surface area contributed by atoms with Crippen LogP contribution in [0.3, 0.4) is 0 Å². The van der Waals surface area contributed by atoms with E-state index < -0.39 is 10.0 Å². The molecule has 5 nitrogen and oxygen atoms in total. The van der Waals surface area contributed by atoms with Crippen molar-refractivity contribution >= 4 is 38.4 Å². The van der Waals surface area contributed by atoms with Crippen molar-refractivity contribution in [3.05, 3.63) is 34.3 Å². The van der Waals surface area contributed by atoms with Gasteiger partial charge in [-0.05, 0) is 25.1 Å². The van der Waals surface area contributed by atoms with Crippen LogP contribution >= 0.6 is 28.3 Å². The van der Waals surface area contributed by atoms with Gasteiger partial charge in [0.15, 0.2) is 0 Å². The molecule has 0 amide bonds. The first-order valence-electron chi connectivity index (χ1n) is 6.24. The van der Waals surface area contributed by atoms with E-state index in [-0.39, 0.29) is 17.3 Å². The topological polar surface area (TPSA) is 67.4 Å². The maximum Gasteiger partial charge on any atom is 0.241 e. The highest BCUT2D eigenvalue weighted by molar-refractivity contribution is 9.10. The molecule has 0 radical (unpaired) electrons. The summed E-state index contributed by atoms with van der Waals surface area (Å²) < 4.78 is 32.9. The summed E-state index contributed by atoms with van der Waals surface area (Å²) in [7, 11) is -2.03. The molecule has 1 aromatic carbocycles. The van der Waals surface area contributed by atoms with Crippen LogP contribution in [-0.4, -0.2) is 35.2 Å². The van der Waals surface area contributed by atoms with Crippen molar-refractivity contribution in [2.45, 2.75) is 11.3 Å². The average Bonchev–Trinajstić information content (AvgIpc) is 2.45. The van der Waals surface area contributed by atoms with Crippen molar-refractivity contribution in [3.63, 3.8) is 0 Å². The third-order valence-electron chi connectivity index (χ3n) is 3.04. The van der Waals surface area contributed by atoms with Crippen molar-refractivity contribution in [1.82, 2.24) is 10.0 Å². The quantitative estimate of drug-likeness (QED) is 0.747. The standard InChI is InChI=1S/C13H17BrN2O3S.ClH/c1-19-12-6-11(14)7-13(8-12)20(17,18)16-9-10-2-4-15-5-3-10;/h2,6-8,15-16H,3-5,9H2,1H3;1H. The van der Waals surface area contributed by atoms with Gasteiger partial charge in [0, 0.05) is 23.6 Å². The first-order valence-corrected chi connectivity index (χ1v) is 8.52. The van der Waals surface area contributed by atoms with E-state index in [4.69, 9.17) is 4.74 Å². The van der Waals surface area contributed by atoms with Crippen LogP contribution in [0, 0.1) is 0 Å². The van der Waals surface area contributed by atoms with Crippen molar-refractivity contribution in [1.29, 1.82) is 0 Å². The fraction of sp³-hybridized carbons (Fsp3) is 0.385. The third kappa shape index (κ3) is 5.27. The SMILES string of the molecule is COc1cc(Br)cc(S(=O)(=O)NCC2=CCNCC2)c1.Cl. The van der Waals surface area contributed by atoms with Gasteiger partial charge in [-0.3, -0.25) is 0 Å². The molecule has 1 aliphatic rings. The number of hydrogen-bond donors (Lipinski definition) is 2. The zero-order valence-electron chi connectivity index (χ0n) is 11.6. The maximum absolute atomic E-state index is 12.3. The van der Waals surface area contributed by atoms with E-state index in [0.29, 0.717) is 16.8 Å². The summed E-state index contributed by atoms with van der Waals surface area (Å²) in [5.74, 6) is 0.501. The molecule has 21 heavy (non-hydrogen) atoms. The second-order valence-corrected chi connectivity index (χ2v) is 7.15. The van der Waals surface area contributed by atoms with Gasteiger partial charge in [-0.1, -0.05) is 27.6 Å². The molecule has 0 bridgehead atoms. The molecule has 0 aromatic heterocycles. The molecular weight excluding hydrogens is 380 g/mol. The summed E-state index contributed by atoms with van der Waals surface area (Å²) >= 11 is 3.28. The highest BCUT2D eigenvalue weighted by Crippen LogP contribution is 2.24. The lowest BCUT2D eigenvalue weighted by molar-refractivity contribution is 0.413. The molecule has 0 fully saturated rings. The third-order valence-corrected chi connectivity index (χ3v) is 4.88. The zero-order valence-corrected chi connectivity index (χ0v) is 14.8. The highest BCUT2D eigenvalue weighted by Gasteiger charge is 2.16. The normalized spacial score (nSPS) is 15.0. The van der Waals surface area contributed by atoms with Crippen molar-refractivity contribution in [2.24, 2.45) is 0 Å². The molecule has 0 saturated heterocycles. The van der Waals surface area contributed by atoms with Crippen LogP contribution < -0.4 is 14.8 Å². The summed E-state index contributed by atoms with van der Waals surface area (Å²) in [6.07, 6.45) is 2.89. The van der Waals surface area contributed by atoms with E-state index in [1.165, 1.54) is 13.2 Å². The van der Waals surface area contributed by atoms with E-state index in [2.05, 4.69) is 26.0 Å². The van der Waals surface area contributed by atoms with E-state index in [1.807, 2.05) is 6.08 Å². The van der Waals surface area contributed by atoms with Gasteiger partial charge in [0.1, 0.15) is 5.75 Å². The van der Waals surface area contributed by atoms with Gasteiger partial charge in [-0.15, -0.1) is 12.4 Å². The molecular formula is C13H18BrClN2O3S. The molecule has 8 heteroatoms. The number of hydrogen-bond acceptors (Lipinski definition) is 4. The van der Waals surface area contributed by atoms with Gasteiger partial charge in [0.2, 0.25) is 10.0 Å². The Bertz CT molecular complexity index is 620. The minimum absolute atomic E-state index is 0. The molecule has 1 aliphatic heterocycles. The van der Waals surface area contributed by atoms with Gasteiger partial charge >= 0.3 is 0 Å². The van der Waals surface area contributed by atoms with Crippen molar-refractivity contribution in [2.75, 3.05) is 26.7 Å². The molecule has 2 rings (SSSR count). The van der Waals surface area contributed by atoms with E-state index >= 15 is 0 Å². The fourth-order valence-corrected chi connectivity index (χ4v) is 3.63. The number of benzene rings is 1. The minimum atomic E-state index is -3.54. The summed E-state index contributed by atoms with van der Waals surface area (Å²) in [5.41, 5.74) is 1.11. The van der Waals surface area contributed by atoms with E-state index in [1.54, 1.807) is 12.1 Å². The number of sulfonamides is 1. The Kier molecular flexibility index (Phi) is 7.15. The number of nitrogens with one attached hydrogen (secondary N) is 2. The first kappa shape index (κ1) is 18.4. The van der Waals surface area contributed by atoms with Crippen LogP contribution in [0.15, 0.2) is 39.2 Å². The molecule has 0 atom stereocenters. The molecule has 118 valence electrons. The van der Waals surface area contributed by atoms with Crippen LogP contribution in [0.1, 0.15) is 6.42 Å². The van der Waals surface area contributed by atoms with Crippen LogP contribution in [0.5, 0.6) is 5.75 Å². The van der Waals surface area contributed by atoms with Gasteiger partial charge in [-0.25, -0.2) is 13.1 Å². The minimum Gasteiger partial charge on any atom is -0.497 e. The second-order valence-electron chi connectivity index (χ2n) is 4.47. The lowest BCUT2D eigenvalue weighted by Gasteiger charge is -2.15. The Morgan fingerprint density at radius 3 is 2.76 bits per heavy atom. The Morgan fingerprint density at radius 2 is 2.14 bits per heavy atom. The zero-order chi connectivity index (χ0) is 14.6. The number of ether oxygens (including phenoxy) is 1. The Hall–Kier alpha value is -0.600. The molecule has 0 unspecified atom stereocenters. The molecule has 0 spiro atoms. The molecule has 1 aromatic rings. The Balaban J connectivity index is 0.00000220. The molecule has 1 heterocycles. The van der Waals surface area contributed by atoms with Crippen LogP contribution in [-0.2, 0) is 10.0 Å². The molecule has 0 aliphatic carbocycles. The van der Waals surface area contributed by atoms with Gasteiger partial charge in [0.25, 0.3) is 0 Å². The van der Waals surface area contributed by atoms with Crippen LogP contribution in [0.25, 0.3) is 0 Å². The van der Waals surface area contributed by atoms with Gasteiger partial charge in [-0.2, -0.15) is 0 Å². The number of halogens is 2. The highest BCUT2D eigenvalue weighted by atomic mass is 79.9. The monoisotopic (exact) mass is 396 g/mol. The van der Waals surface area contributed by atoms with Crippen LogP contribution in [0.2, 0.25) is 0 Å². The number of rotatable bonds is 5. The molecule has 0 saturated carbocycles. The molecule has 2 N–H and O–H groups in total. The second kappa shape index (κ2) is 8.14. The lowest BCUT2D eigenvalue weighted by Crippen LogP contribution is -2.29. The lowest BCUT2D eigenvalue weighted by atomic mass is 10.1. The van der Waals surface area contributed by atoms with Gasteiger partial charge < -0.3 is 10.1 Å². The summed E-state index contributed by atoms with van der Waals surface area (Å²) in [6.45, 7) is 2.03. The predicted molar refractivity (Wildman–Crippen MR) is 88.7 cm³/mol.